The first-order valence-electron chi connectivity index (χ1n) is 7.84. The molecular weight excluding hydrogens is 614 g/mol. The number of rotatable bonds is 6. The Morgan fingerprint density at radius 3 is 0.903 bits per heavy atom. The Hall–Kier alpha value is 0.1000. The zero-order valence-corrected chi connectivity index (χ0v) is 22.2. The van der Waals surface area contributed by atoms with Crippen LogP contribution in [0.1, 0.15) is 0 Å². The molecule has 0 aromatic heterocycles. The molecule has 13 heteroatoms. The molecule has 0 spiro atoms. The average Bonchev–Trinajstić information content (AvgIpc) is 2.74. The topological polar surface area (TPSA) is 27.7 Å². The van der Waals surface area contributed by atoms with Crippen molar-refractivity contribution in [3.63, 3.8) is 0 Å². The highest BCUT2D eigenvalue weighted by Gasteiger charge is 2.26. The highest BCUT2D eigenvalue weighted by molar-refractivity contribution is 7.43. The highest BCUT2D eigenvalue weighted by atomic mass is 35.5. The Kier molecular flexibility index (Phi) is 9.14. The molecule has 0 radical (unpaired) electrons. The van der Waals surface area contributed by atoms with Gasteiger partial charge >= 0.3 is 8.60 Å². The van der Waals surface area contributed by atoms with Crippen LogP contribution in [0, 0.1) is 0 Å². The van der Waals surface area contributed by atoms with E-state index in [9.17, 15) is 0 Å². The summed E-state index contributed by atoms with van der Waals surface area (Å²) in [5.41, 5.74) is 0. The first kappa shape index (κ1) is 25.7. The largest absolute Gasteiger partial charge is 0.530 e. The summed E-state index contributed by atoms with van der Waals surface area (Å²) >= 11 is 54.9. The summed E-state index contributed by atoms with van der Waals surface area (Å²) in [5, 5.41) is 1.15. The summed E-state index contributed by atoms with van der Waals surface area (Å²) in [5.74, 6) is 0.402. The molecule has 3 rings (SSSR count). The monoisotopic (exact) mass is 616 g/mol. The van der Waals surface area contributed by atoms with Gasteiger partial charge in [-0.3, -0.25) is 0 Å². The lowest BCUT2D eigenvalue weighted by atomic mass is 10.3. The van der Waals surface area contributed by atoms with Crippen molar-refractivity contribution in [3.8, 4) is 17.2 Å². The van der Waals surface area contributed by atoms with Gasteiger partial charge in [-0.25, -0.2) is 0 Å². The molecule has 3 aromatic carbocycles. The Labute approximate surface area is 223 Å². The van der Waals surface area contributed by atoms with Gasteiger partial charge in [-0.05, 0) is 36.4 Å². The van der Waals surface area contributed by atoms with Crippen LogP contribution in [0.15, 0.2) is 36.4 Å². The van der Waals surface area contributed by atoms with Crippen molar-refractivity contribution in [2.24, 2.45) is 0 Å². The second kappa shape index (κ2) is 11.0. The van der Waals surface area contributed by atoms with Gasteiger partial charge in [0.25, 0.3) is 0 Å². The summed E-state index contributed by atoms with van der Waals surface area (Å²) in [6.45, 7) is 0. The molecule has 0 fully saturated rings. The summed E-state index contributed by atoms with van der Waals surface area (Å²) in [6, 6.07) is 8.97. The Bertz CT molecular complexity index is 1000. The molecule has 0 amide bonds. The lowest BCUT2D eigenvalue weighted by molar-refractivity contribution is 0.388. The third-order valence-corrected chi connectivity index (χ3v) is 8.38. The SMILES string of the molecule is Clc1ccc(OP(Oc2ccc(Cl)c(Cl)c2Cl)Oc2ccc(Cl)c(Cl)c2Cl)c(Cl)c1Cl. The van der Waals surface area contributed by atoms with E-state index in [1.54, 1.807) is 0 Å². The van der Waals surface area contributed by atoms with Crippen molar-refractivity contribution < 1.29 is 13.6 Å². The van der Waals surface area contributed by atoms with Gasteiger partial charge in [0.2, 0.25) is 0 Å². The first-order chi connectivity index (χ1) is 14.6. The second-order valence-electron chi connectivity index (χ2n) is 5.52. The molecule has 0 aliphatic rings. The molecule has 3 nitrogen and oxygen atoms in total. The fraction of sp³-hybridized carbons (Fsp3) is 0. The molecule has 164 valence electrons. The maximum absolute atomic E-state index is 6.23. The van der Waals surface area contributed by atoms with Crippen molar-refractivity contribution in [1.29, 1.82) is 0 Å². The highest BCUT2D eigenvalue weighted by Crippen LogP contribution is 2.51. The average molecular weight is 620 g/mol. The van der Waals surface area contributed by atoms with Crippen LogP contribution in [-0.2, 0) is 0 Å². The minimum absolute atomic E-state index is 0.0503. The molecule has 3 aromatic rings. The summed E-state index contributed by atoms with van der Waals surface area (Å²) in [6.07, 6.45) is 0. The molecular formula is C18H6Cl9O3P. The number of hydrogen-bond acceptors (Lipinski definition) is 3. The van der Waals surface area contributed by atoms with Gasteiger partial charge in [0.1, 0.15) is 15.1 Å². The van der Waals surface area contributed by atoms with Crippen LogP contribution < -0.4 is 13.6 Å². The fourth-order valence-corrected chi connectivity index (χ4v) is 4.94. The van der Waals surface area contributed by atoms with Gasteiger partial charge in [0, 0.05) is 0 Å². The number of benzene rings is 3. The van der Waals surface area contributed by atoms with E-state index < -0.39 is 8.60 Å². The van der Waals surface area contributed by atoms with Crippen molar-refractivity contribution in [3.05, 3.63) is 81.6 Å². The zero-order chi connectivity index (χ0) is 22.9. The molecule has 0 heterocycles. The number of halogens is 9. The summed E-state index contributed by atoms with van der Waals surface area (Å²) in [7, 11) is -2.26. The minimum Gasteiger partial charge on any atom is -0.407 e. The van der Waals surface area contributed by atoms with E-state index >= 15 is 0 Å². The molecule has 0 unspecified atom stereocenters. The van der Waals surface area contributed by atoms with Crippen LogP contribution in [0.25, 0.3) is 0 Å². The second-order valence-corrected chi connectivity index (χ2v) is 10.0. The van der Waals surface area contributed by atoms with E-state index in [1.165, 1.54) is 36.4 Å². The maximum Gasteiger partial charge on any atom is 0.530 e. The van der Waals surface area contributed by atoms with Gasteiger partial charge < -0.3 is 13.6 Å². The molecule has 0 atom stereocenters. The van der Waals surface area contributed by atoms with Gasteiger partial charge in [-0.2, -0.15) is 0 Å². The molecule has 0 aliphatic carbocycles. The van der Waals surface area contributed by atoms with Crippen LogP contribution in [0.5, 0.6) is 17.2 Å². The van der Waals surface area contributed by atoms with Gasteiger partial charge in [0.15, 0.2) is 17.2 Å². The predicted molar refractivity (Wildman–Crippen MR) is 133 cm³/mol. The zero-order valence-electron chi connectivity index (χ0n) is 14.5. The molecule has 31 heavy (non-hydrogen) atoms. The molecule has 0 saturated carbocycles. The third kappa shape index (κ3) is 5.97. The molecule has 0 N–H and O–H groups in total. The van der Waals surface area contributed by atoms with E-state index in [4.69, 9.17) is 118 Å². The molecule has 0 saturated heterocycles. The van der Waals surface area contributed by atoms with Crippen LogP contribution in [-0.4, -0.2) is 0 Å². The van der Waals surface area contributed by atoms with E-state index in [1.807, 2.05) is 0 Å². The van der Waals surface area contributed by atoms with E-state index in [0.717, 1.165) is 0 Å². The smallest absolute Gasteiger partial charge is 0.407 e. The minimum atomic E-state index is -2.26. The number of hydrogen-bond donors (Lipinski definition) is 0. The van der Waals surface area contributed by atoms with Crippen LogP contribution >= 0.6 is 113 Å². The fourth-order valence-electron chi connectivity index (χ4n) is 2.03. The molecule has 0 aliphatic heterocycles. The van der Waals surface area contributed by atoms with Crippen LogP contribution in [0.3, 0.4) is 0 Å². The Morgan fingerprint density at radius 2 is 0.645 bits per heavy atom. The van der Waals surface area contributed by atoms with E-state index in [2.05, 4.69) is 0 Å². The van der Waals surface area contributed by atoms with Crippen molar-refractivity contribution in [2.45, 2.75) is 0 Å². The van der Waals surface area contributed by atoms with E-state index in [-0.39, 0.29) is 62.5 Å². The standard InChI is InChI=1S/C18H6Cl9O3P/c19-7-1-4-10(16(25)13(7)22)28-31(29-11-5-2-8(20)14(23)17(11)26)30-12-6-3-9(21)15(24)18(12)27/h1-6H. The normalized spacial score (nSPS) is 11.0. The first-order valence-corrected chi connectivity index (χ1v) is 12.3. The van der Waals surface area contributed by atoms with Crippen molar-refractivity contribution in [1.82, 2.24) is 0 Å². The Morgan fingerprint density at radius 1 is 0.387 bits per heavy atom. The van der Waals surface area contributed by atoms with Crippen LogP contribution in [0.2, 0.25) is 45.2 Å². The van der Waals surface area contributed by atoms with Gasteiger partial charge in [0.05, 0.1) is 30.1 Å². The maximum atomic E-state index is 6.23. The summed E-state index contributed by atoms with van der Waals surface area (Å²) < 4.78 is 17.4. The lowest BCUT2D eigenvalue weighted by Crippen LogP contribution is -2.04. The lowest BCUT2D eigenvalue weighted by Gasteiger charge is -2.20. The predicted octanol–water partition coefficient (Wildman–Crippen LogP) is 11.3. The van der Waals surface area contributed by atoms with E-state index in [0.29, 0.717) is 0 Å². The third-order valence-electron chi connectivity index (χ3n) is 3.52. The van der Waals surface area contributed by atoms with Crippen molar-refractivity contribution in [2.75, 3.05) is 0 Å². The summed E-state index contributed by atoms with van der Waals surface area (Å²) in [4.78, 5) is 0. The van der Waals surface area contributed by atoms with Crippen LogP contribution in [0.4, 0.5) is 0 Å². The van der Waals surface area contributed by atoms with Gasteiger partial charge in [-0.15, -0.1) is 0 Å². The van der Waals surface area contributed by atoms with Gasteiger partial charge in [-0.1, -0.05) is 104 Å². The van der Waals surface area contributed by atoms with Crippen molar-refractivity contribution >= 4 is 113 Å². The quantitative estimate of drug-likeness (QED) is 0.203. The Balaban J connectivity index is 1.99. The molecule has 0 bridgehead atoms.